The van der Waals surface area contributed by atoms with Gasteiger partial charge < -0.3 is 10.4 Å². The third-order valence-electron chi connectivity index (χ3n) is 1.86. The monoisotopic (exact) mass is 245 g/mol. The van der Waals surface area contributed by atoms with Crippen molar-refractivity contribution in [2.45, 2.75) is 42.7 Å². The fourth-order valence-electron chi connectivity index (χ4n) is 0.967. The van der Waals surface area contributed by atoms with Crippen LogP contribution < -0.4 is 5.32 Å². The first kappa shape index (κ1) is 11.2. The largest absolute Gasteiger partial charge is 0.390 e. The molecule has 0 aromatic carbocycles. The first-order valence-electron chi connectivity index (χ1n) is 4.98. The number of aliphatic hydroxyl groups is 1. The zero-order valence-electron chi connectivity index (χ0n) is 8.86. The summed E-state index contributed by atoms with van der Waals surface area (Å²) >= 11 is 3.11. The molecule has 1 saturated carbocycles. The maximum Gasteiger partial charge on any atom is 0.206 e. The Morgan fingerprint density at radius 2 is 2.27 bits per heavy atom. The molecular formula is C9H15N3OS2. The van der Waals surface area contributed by atoms with E-state index >= 15 is 0 Å². The highest BCUT2D eigenvalue weighted by atomic mass is 32.2. The van der Waals surface area contributed by atoms with E-state index in [1.54, 1.807) is 36.9 Å². The maximum absolute atomic E-state index is 9.56. The van der Waals surface area contributed by atoms with E-state index in [0.29, 0.717) is 11.8 Å². The van der Waals surface area contributed by atoms with E-state index < -0.39 is 5.60 Å². The fraction of sp³-hybridized carbons (Fsp3) is 0.778. The van der Waals surface area contributed by atoms with Crippen LogP contribution in [0.4, 0.5) is 5.13 Å². The van der Waals surface area contributed by atoms with E-state index in [2.05, 4.69) is 15.5 Å². The molecule has 4 nitrogen and oxygen atoms in total. The molecule has 84 valence electrons. The Bertz CT molecular complexity index is 330. The van der Waals surface area contributed by atoms with Crippen molar-refractivity contribution in [2.75, 3.05) is 11.1 Å². The highest BCUT2D eigenvalue weighted by Crippen LogP contribution is 2.31. The number of hydrogen-bond donors (Lipinski definition) is 2. The Morgan fingerprint density at radius 1 is 1.53 bits per heavy atom. The van der Waals surface area contributed by atoms with Gasteiger partial charge in [0.2, 0.25) is 5.13 Å². The van der Waals surface area contributed by atoms with Gasteiger partial charge in [-0.2, -0.15) is 0 Å². The first-order valence-corrected chi connectivity index (χ1v) is 6.78. The summed E-state index contributed by atoms with van der Waals surface area (Å²) in [6.45, 7) is 3.59. The summed E-state index contributed by atoms with van der Waals surface area (Å²) in [5.41, 5.74) is -0.652. The summed E-state index contributed by atoms with van der Waals surface area (Å²) in [7, 11) is 0. The predicted octanol–water partition coefficient (Wildman–Crippen LogP) is 1.98. The van der Waals surface area contributed by atoms with Crippen molar-refractivity contribution in [3.05, 3.63) is 0 Å². The lowest BCUT2D eigenvalue weighted by atomic mass is 10.2. The first-order chi connectivity index (χ1) is 7.03. The van der Waals surface area contributed by atoms with Crippen LogP contribution >= 0.6 is 23.1 Å². The Morgan fingerprint density at radius 3 is 2.87 bits per heavy atom. The number of nitrogens with zero attached hydrogens (tertiary/aromatic N) is 2. The van der Waals surface area contributed by atoms with E-state index in [0.717, 1.165) is 9.47 Å². The summed E-state index contributed by atoms with van der Waals surface area (Å²) in [5, 5.41) is 21.9. The van der Waals surface area contributed by atoms with Gasteiger partial charge in [-0.25, -0.2) is 0 Å². The molecule has 0 unspecified atom stereocenters. The molecule has 1 heterocycles. The van der Waals surface area contributed by atoms with Crippen LogP contribution in [0.15, 0.2) is 4.34 Å². The Labute approximate surface area is 97.5 Å². The Hall–Kier alpha value is -0.330. The van der Waals surface area contributed by atoms with Crippen molar-refractivity contribution < 1.29 is 5.11 Å². The van der Waals surface area contributed by atoms with Gasteiger partial charge in [-0.1, -0.05) is 23.1 Å². The molecule has 1 fully saturated rings. The minimum atomic E-state index is -0.652. The third kappa shape index (κ3) is 3.96. The number of aromatic nitrogens is 2. The standard InChI is InChI=1S/C9H15N3OS2/c1-9(2,13)5-14-8-12-11-7(15-8)10-6-3-4-6/h6,13H,3-5H2,1-2H3,(H,10,11). The molecule has 1 aliphatic carbocycles. The van der Waals surface area contributed by atoms with Gasteiger partial charge >= 0.3 is 0 Å². The molecular weight excluding hydrogens is 230 g/mol. The number of nitrogens with one attached hydrogen (secondary N) is 1. The van der Waals surface area contributed by atoms with Crippen molar-refractivity contribution in [2.24, 2.45) is 0 Å². The average molecular weight is 245 g/mol. The molecule has 1 aromatic heterocycles. The van der Waals surface area contributed by atoms with Gasteiger partial charge in [0.25, 0.3) is 0 Å². The van der Waals surface area contributed by atoms with Crippen LogP contribution in [0, 0.1) is 0 Å². The molecule has 2 rings (SSSR count). The van der Waals surface area contributed by atoms with Gasteiger partial charge in [0, 0.05) is 11.8 Å². The van der Waals surface area contributed by atoms with Gasteiger partial charge in [0.05, 0.1) is 5.60 Å². The lowest BCUT2D eigenvalue weighted by molar-refractivity contribution is 0.107. The number of thioether (sulfide) groups is 1. The fourth-order valence-corrected chi connectivity index (χ4v) is 2.75. The van der Waals surface area contributed by atoms with Crippen molar-refractivity contribution in [1.82, 2.24) is 10.2 Å². The van der Waals surface area contributed by atoms with Crippen molar-refractivity contribution >= 4 is 28.2 Å². The van der Waals surface area contributed by atoms with Crippen molar-refractivity contribution in [3.8, 4) is 0 Å². The maximum atomic E-state index is 9.56. The molecule has 0 radical (unpaired) electrons. The van der Waals surface area contributed by atoms with Crippen LogP contribution in [0.5, 0.6) is 0 Å². The molecule has 6 heteroatoms. The third-order valence-corrected chi connectivity index (χ3v) is 4.29. The van der Waals surface area contributed by atoms with Gasteiger partial charge in [-0.15, -0.1) is 10.2 Å². The van der Waals surface area contributed by atoms with Gasteiger partial charge in [0.15, 0.2) is 4.34 Å². The number of anilines is 1. The lowest BCUT2D eigenvalue weighted by Crippen LogP contribution is -2.21. The highest BCUT2D eigenvalue weighted by Gasteiger charge is 2.22. The molecule has 0 atom stereocenters. The smallest absolute Gasteiger partial charge is 0.206 e. The lowest BCUT2D eigenvalue weighted by Gasteiger charge is -2.14. The van der Waals surface area contributed by atoms with Crippen LogP contribution in [0.2, 0.25) is 0 Å². The van der Waals surface area contributed by atoms with Crippen LogP contribution in [0.3, 0.4) is 0 Å². The number of rotatable bonds is 5. The van der Waals surface area contributed by atoms with E-state index in [1.165, 1.54) is 12.8 Å². The van der Waals surface area contributed by atoms with E-state index in [4.69, 9.17) is 0 Å². The van der Waals surface area contributed by atoms with E-state index in [-0.39, 0.29) is 0 Å². The Balaban J connectivity index is 1.83. The quantitative estimate of drug-likeness (QED) is 0.777. The summed E-state index contributed by atoms with van der Waals surface area (Å²) < 4.78 is 0.917. The number of hydrogen-bond acceptors (Lipinski definition) is 6. The zero-order chi connectivity index (χ0) is 10.9. The molecule has 1 aromatic rings. The van der Waals surface area contributed by atoms with Gasteiger partial charge in [-0.05, 0) is 26.7 Å². The van der Waals surface area contributed by atoms with Crippen LogP contribution in [-0.2, 0) is 0 Å². The van der Waals surface area contributed by atoms with Crippen LogP contribution in [0.1, 0.15) is 26.7 Å². The second kappa shape index (κ2) is 4.27. The van der Waals surface area contributed by atoms with Crippen LogP contribution in [-0.4, -0.2) is 32.7 Å². The summed E-state index contributed by atoms with van der Waals surface area (Å²) in [6.07, 6.45) is 2.48. The topological polar surface area (TPSA) is 58.0 Å². The van der Waals surface area contributed by atoms with Crippen molar-refractivity contribution in [1.29, 1.82) is 0 Å². The molecule has 2 N–H and O–H groups in total. The zero-order valence-corrected chi connectivity index (χ0v) is 10.5. The second-order valence-electron chi connectivity index (χ2n) is 4.39. The average Bonchev–Trinajstić information content (AvgIpc) is 2.79. The van der Waals surface area contributed by atoms with Crippen LogP contribution in [0.25, 0.3) is 0 Å². The minimum absolute atomic E-state index is 0.616. The molecule has 0 bridgehead atoms. The van der Waals surface area contributed by atoms with Gasteiger partial charge in [-0.3, -0.25) is 0 Å². The molecule has 0 saturated heterocycles. The highest BCUT2D eigenvalue weighted by molar-refractivity contribution is 8.01. The summed E-state index contributed by atoms with van der Waals surface area (Å²) in [6, 6.07) is 0.616. The van der Waals surface area contributed by atoms with Gasteiger partial charge in [0.1, 0.15) is 0 Å². The molecule has 0 spiro atoms. The second-order valence-corrected chi connectivity index (χ2v) is 6.59. The summed E-state index contributed by atoms with van der Waals surface area (Å²) in [4.78, 5) is 0. The normalized spacial score (nSPS) is 16.7. The summed E-state index contributed by atoms with van der Waals surface area (Å²) in [5.74, 6) is 0.644. The predicted molar refractivity (Wildman–Crippen MR) is 63.6 cm³/mol. The van der Waals surface area contributed by atoms with Crippen molar-refractivity contribution in [3.63, 3.8) is 0 Å². The van der Waals surface area contributed by atoms with E-state index in [1.807, 2.05) is 0 Å². The molecule has 0 amide bonds. The SMILES string of the molecule is CC(C)(O)CSc1nnc(NC2CC2)s1. The molecule has 1 aliphatic rings. The molecule has 15 heavy (non-hydrogen) atoms. The molecule has 0 aliphatic heterocycles. The minimum Gasteiger partial charge on any atom is -0.390 e. The Kier molecular flexibility index (Phi) is 3.18. The van der Waals surface area contributed by atoms with E-state index in [9.17, 15) is 5.11 Å².